The summed E-state index contributed by atoms with van der Waals surface area (Å²) < 4.78 is 32.2. The van der Waals surface area contributed by atoms with Crippen LogP contribution in [0.5, 0.6) is 0 Å². The SMILES string of the molecule is Cc1ccc2c(c1)nc(S(=O)(=O)O)n2C. The van der Waals surface area contributed by atoms with E-state index < -0.39 is 10.1 Å². The van der Waals surface area contributed by atoms with Gasteiger partial charge in [0.15, 0.2) is 0 Å². The fourth-order valence-corrected chi connectivity index (χ4v) is 2.18. The molecule has 5 nitrogen and oxygen atoms in total. The summed E-state index contributed by atoms with van der Waals surface area (Å²) in [6.45, 7) is 1.89. The van der Waals surface area contributed by atoms with E-state index in [9.17, 15) is 8.42 Å². The van der Waals surface area contributed by atoms with Crippen molar-refractivity contribution < 1.29 is 13.0 Å². The first-order chi connectivity index (χ1) is 6.89. The molecule has 0 saturated carbocycles. The van der Waals surface area contributed by atoms with E-state index in [1.807, 2.05) is 13.0 Å². The second kappa shape index (κ2) is 3.04. The summed E-state index contributed by atoms with van der Waals surface area (Å²) in [5.41, 5.74) is 2.22. The molecule has 0 spiro atoms. The van der Waals surface area contributed by atoms with Gasteiger partial charge in [-0.25, -0.2) is 4.98 Å². The molecule has 0 aliphatic heterocycles. The average Bonchev–Trinajstić information content (AvgIpc) is 2.42. The van der Waals surface area contributed by atoms with Crippen molar-refractivity contribution in [3.05, 3.63) is 23.8 Å². The van der Waals surface area contributed by atoms with Crippen molar-refractivity contribution in [3.8, 4) is 0 Å². The van der Waals surface area contributed by atoms with Gasteiger partial charge < -0.3 is 4.57 Å². The number of aryl methyl sites for hydroxylation is 2. The number of imidazole rings is 1. The lowest BCUT2D eigenvalue weighted by Crippen LogP contribution is -2.06. The van der Waals surface area contributed by atoms with E-state index in [1.165, 1.54) is 4.57 Å². The topological polar surface area (TPSA) is 72.2 Å². The van der Waals surface area contributed by atoms with Crippen LogP contribution in [0.3, 0.4) is 0 Å². The normalized spacial score (nSPS) is 12.2. The van der Waals surface area contributed by atoms with E-state index in [-0.39, 0.29) is 5.16 Å². The van der Waals surface area contributed by atoms with E-state index in [4.69, 9.17) is 4.55 Å². The molecule has 0 bridgehead atoms. The van der Waals surface area contributed by atoms with E-state index >= 15 is 0 Å². The zero-order valence-corrected chi connectivity index (χ0v) is 9.11. The van der Waals surface area contributed by atoms with Crippen LogP contribution in [-0.2, 0) is 17.2 Å². The van der Waals surface area contributed by atoms with E-state index in [0.717, 1.165) is 5.56 Å². The van der Waals surface area contributed by atoms with Gasteiger partial charge in [0.2, 0.25) is 0 Å². The summed E-state index contributed by atoms with van der Waals surface area (Å²) in [5, 5.41) is -0.330. The molecule has 1 heterocycles. The van der Waals surface area contributed by atoms with Crippen molar-refractivity contribution in [1.29, 1.82) is 0 Å². The number of aromatic nitrogens is 2. The van der Waals surface area contributed by atoms with Crippen LogP contribution in [0.4, 0.5) is 0 Å². The molecular formula is C9H10N2O3S. The molecule has 0 saturated heterocycles. The predicted molar refractivity (Wildman–Crippen MR) is 55.3 cm³/mol. The van der Waals surface area contributed by atoms with Gasteiger partial charge in [0.1, 0.15) is 0 Å². The third-order valence-electron chi connectivity index (χ3n) is 2.23. The molecule has 0 radical (unpaired) electrons. The zero-order chi connectivity index (χ0) is 11.2. The maximum Gasteiger partial charge on any atom is 0.328 e. The highest BCUT2D eigenvalue weighted by atomic mass is 32.2. The fraction of sp³-hybridized carbons (Fsp3) is 0.222. The highest BCUT2D eigenvalue weighted by molar-refractivity contribution is 7.85. The van der Waals surface area contributed by atoms with Crippen LogP contribution >= 0.6 is 0 Å². The Balaban J connectivity index is 2.87. The standard InChI is InChI=1S/C9H10N2O3S/c1-6-3-4-8-7(5-6)10-9(11(8)2)15(12,13)14/h3-5H,1-2H3,(H,12,13,14). The Kier molecular flexibility index (Phi) is 2.06. The summed E-state index contributed by atoms with van der Waals surface area (Å²) in [6.07, 6.45) is 0. The Morgan fingerprint density at radius 3 is 2.67 bits per heavy atom. The van der Waals surface area contributed by atoms with Crippen LogP contribution in [0.2, 0.25) is 0 Å². The Hall–Kier alpha value is -1.40. The molecule has 0 amide bonds. The molecule has 2 aromatic rings. The first kappa shape index (κ1) is 10.1. The zero-order valence-electron chi connectivity index (χ0n) is 8.30. The third-order valence-corrected chi connectivity index (χ3v) is 3.05. The number of nitrogens with zero attached hydrogens (tertiary/aromatic N) is 2. The molecule has 80 valence electrons. The van der Waals surface area contributed by atoms with Crippen LogP contribution in [-0.4, -0.2) is 22.5 Å². The smallest absolute Gasteiger partial charge is 0.316 e. The van der Waals surface area contributed by atoms with Crippen molar-refractivity contribution in [3.63, 3.8) is 0 Å². The molecule has 1 aromatic carbocycles. The fourth-order valence-electron chi connectivity index (χ4n) is 1.52. The van der Waals surface area contributed by atoms with Crippen molar-refractivity contribution in [2.24, 2.45) is 7.05 Å². The maximum atomic E-state index is 11.0. The maximum absolute atomic E-state index is 11.0. The predicted octanol–water partition coefficient (Wildman–Crippen LogP) is 1.13. The Labute approximate surface area is 87.1 Å². The summed E-state index contributed by atoms with van der Waals surface area (Å²) in [4.78, 5) is 3.87. The van der Waals surface area contributed by atoms with E-state index in [2.05, 4.69) is 4.98 Å². The Morgan fingerprint density at radius 1 is 1.40 bits per heavy atom. The number of hydrogen-bond acceptors (Lipinski definition) is 3. The van der Waals surface area contributed by atoms with Gasteiger partial charge in [-0.2, -0.15) is 8.42 Å². The molecule has 0 aliphatic rings. The van der Waals surface area contributed by atoms with Crippen LogP contribution < -0.4 is 0 Å². The molecule has 15 heavy (non-hydrogen) atoms. The second-order valence-electron chi connectivity index (χ2n) is 3.42. The van der Waals surface area contributed by atoms with Gasteiger partial charge in [-0.15, -0.1) is 0 Å². The monoisotopic (exact) mass is 226 g/mol. The molecule has 0 fully saturated rings. The van der Waals surface area contributed by atoms with Crippen LogP contribution in [0.15, 0.2) is 23.4 Å². The third kappa shape index (κ3) is 1.62. The number of hydrogen-bond donors (Lipinski definition) is 1. The molecule has 0 unspecified atom stereocenters. The summed E-state index contributed by atoms with van der Waals surface area (Å²) in [7, 11) is -2.71. The molecule has 1 aromatic heterocycles. The van der Waals surface area contributed by atoms with Gasteiger partial charge in [-0.05, 0) is 24.6 Å². The molecular weight excluding hydrogens is 216 g/mol. The first-order valence-corrected chi connectivity index (χ1v) is 5.74. The minimum Gasteiger partial charge on any atom is -0.316 e. The second-order valence-corrected chi connectivity index (χ2v) is 4.74. The Morgan fingerprint density at radius 2 is 2.07 bits per heavy atom. The van der Waals surface area contributed by atoms with Gasteiger partial charge in [0.25, 0.3) is 5.16 Å². The highest BCUT2D eigenvalue weighted by Gasteiger charge is 2.18. The minimum atomic E-state index is -4.26. The van der Waals surface area contributed by atoms with Crippen molar-refractivity contribution in [2.45, 2.75) is 12.1 Å². The quantitative estimate of drug-likeness (QED) is 0.740. The number of rotatable bonds is 1. The van der Waals surface area contributed by atoms with E-state index in [1.54, 1.807) is 19.2 Å². The molecule has 1 N–H and O–H groups in total. The number of fused-ring (bicyclic) bond motifs is 1. The lowest BCUT2D eigenvalue weighted by molar-refractivity contribution is 0.470. The summed E-state index contributed by atoms with van der Waals surface area (Å²) in [5.74, 6) is 0. The Bertz CT molecular complexity index is 628. The average molecular weight is 226 g/mol. The van der Waals surface area contributed by atoms with Crippen molar-refractivity contribution in [2.75, 3.05) is 0 Å². The van der Waals surface area contributed by atoms with Crippen LogP contribution in [0.25, 0.3) is 11.0 Å². The van der Waals surface area contributed by atoms with Crippen molar-refractivity contribution in [1.82, 2.24) is 9.55 Å². The van der Waals surface area contributed by atoms with E-state index in [0.29, 0.717) is 11.0 Å². The highest BCUT2D eigenvalue weighted by Crippen LogP contribution is 2.18. The molecule has 6 heteroatoms. The van der Waals surface area contributed by atoms with Gasteiger partial charge in [0.05, 0.1) is 11.0 Å². The largest absolute Gasteiger partial charge is 0.328 e. The summed E-state index contributed by atoms with van der Waals surface area (Å²) >= 11 is 0. The molecule has 0 atom stereocenters. The summed E-state index contributed by atoms with van der Waals surface area (Å²) in [6, 6.07) is 5.40. The van der Waals surface area contributed by atoms with Crippen molar-refractivity contribution >= 4 is 21.2 Å². The van der Waals surface area contributed by atoms with Crippen LogP contribution in [0, 0.1) is 6.92 Å². The van der Waals surface area contributed by atoms with Gasteiger partial charge in [0, 0.05) is 7.05 Å². The van der Waals surface area contributed by atoms with Gasteiger partial charge >= 0.3 is 10.1 Å². The minimum absolute atomic E-state index is 0.330. The van der Waals surface area contributed by atoms with Gasteiger partial charge in [-0.1, -0.05) is 6.07 Å². The van der Waals surface area contributed by atoms with Gasteiger partial charge in [-0.3, -0.25) is 4.55 Å². The lowest BCUT2D eigenvalue weighted by atomic mass is 10.2. The number of benzene rings is 1. The first-order valence-electron chi connectivity index (χ1n) is 4.30. The lowest BCUT2D eigenvalue weighted by Gasteiger charge is -1.97. The molecule has 2 rings (SSSR count). The molecule has 0 aliphatic carbocycles. The van der Waals surface area contributed by atoms with Crippen LogP contribution in [0.1, 0.15) is 5.56 Å².